The smallest absolute Gasteiger partial charge is 0.364 e. The maximum atomic E-state index is 14.8. The van der Waals surface area contributed by atoms with Crippen LogP contribution in [0, 0.1) is 36.8 Å². The van der Waals surface area contributed by atoms with Crippen LogP contribution in [0.4, 0.5) is 27.6 Å². The summed E-state index contributed by atoms with van der Waals surface area (Å²) in [5.41, 5.74) is 1.49. The molecule has 4 rings (SSSR count). The number of carbonyl (C=O) groups is 1. The molecule has 1 aliphatic heterocycles. The molecule has 4 N–H and O–H groups in total. The highest BCUT2D eigenvalue weighted by Crippen LogP contribution is 2.39. The molecule has 1 aromatic carbocycles. The number of hydrogen-bond donors (Lipinski definition) is 4. The highest BCUT2D eigenvalue weighted by molar-refractivity contribution is 7.79. The highest BCUT2D eigenvalue weighted by Gasteiger charge is 2.47. The van der Waals surface area contributed by atoms with Crippen molar-refractivity contribution in [2.45, 2.75) is 44.9 Å². The number of benzene rings is 1. The highest BCUT2D eigenvalue weighted by atomic mass is 32.3. The van der Waals surface area contributed by atoms with Crippen LogP contribution in [0.1, 0.15) is 35.1 Å². The quantitative estimate of drug-likeness (QED) is 0.242. The summed E-state index contributed by atoms with van der Waals surface area (Å²) in [6, 6.07) is 1.22. The fourth-order valence-electron chi connectivity index (χ4n) is 4.32. The molecule has 0 saturated carbocycles. The number of aromatic nitrogens is 4. The molecule has 12 nitrogen and oxygen atoms in total. The van der Waals surface area contributed by atoms with Gasteiger partial charge in [0.05, 0.1) is 35.6 Å². The predicted molar refractivity (Wildman–Crippen MR) is 133 cm³/mol. The lowest BCUT2D eigenvalue weighted by atomic mass is 9.86. The lowest BCUT2D eigenvalue weighted by molar-refractivity contribution is -0.149. The van der Waals surface area contributed by atoms with E-state index in [9.17, 15) is 32.0 Å². The van der Waals surface area contributed by atoms with Gasteiger partial charge in [-0.2, -0.15) is 37.0 Å². The molecule has 222 valence electrons. The number of alkyl halides is 3. The minimum absolute atomic E-state index is 0.0495. The molecule has 0 radical (unpaired) electrons. The second kappa shape index (κ2) is 11.4. The lowest BCUT2D eigenvalue weighted by Crippen LogP contribution is -2.63. The van der Waals surface area contributed by atoms with E-state index in [0.29, 0.717) is 13.0 Å². The number of nitrogens with one attached hydrogen (secondary N) is 2. The number of nitriles is 1. The average molecular weight is 606 g/mol. The molecule has 2 aromatic heterocycles. The first kappa shape index (κ1) is 31.4. The van der Waals surface area contributed by atoms with Crippen LogP contribution < -0.4 is 10.2 Å². The number of carbonyl (C=O) groups excluding carboxylic acids is 1. The topological polar surface area (TPSA) is 177 Å². The number of anilines is 1. The molecule has 41 heavy (non-hydrogen) atoms. The first-order valence-electron chi connectivity index (χ1n) is 11.6. The molecule has 1 atom stereocenters. The van der Waals surface area contributed by atoms with E-state index in [4.69, 9.17) is 17.5 Å². The molecule has 0 aliphatic carbocycles. The summed E-state index contributed by atoms with van der Waals surface area (Å²) in [6.45, 7) is 4.66. The third kappa shape index (κ3) is 7.17. The number of rotatable bonds is 6. The third-order valence-corrected chi connectivity index (χ3v) is 6.32. The van der Waals surface area contributed by atoms with Gasteiger partial charge in [0.15, 0.2) is 0 Å². The van der Waals surface area contributed by atoms with Crippen molar-refractivity contribution >= 4 is 22.0 Å². The Kier molecular flexibility index (Phi) is 8.76. The number of hydrogen-bond acceptors (Lipinski definition) is 7. The summed E-state index contributed by atoms with van der Waals surface area (Å²) in [6.07, 6.45) is -1.27. The van der Waals surface area contributed by atoms with E-state index in [0.717, 1.165) is 28.6 Å². The largest absolute Gasteiger partial charge is 0.408 e. The van der Waals surface area contributed by atoms with Crippen molar-refractivity contribution in [2.24, 2.45) is 0 Å². The van der Waals surface area contributed by atoms with Crippen LogP contribution in [0.15, 0.2) is 24.5 Å². The lowest BCUT2D eigenvalue weighted by Gasteiger charge is -2.50. The van der Waals surface area contributed by atoms with E-state index in [2.05, 4.69) is 21.4 Å². The Bertz CT molecular complexity index is 1560. The molecule has 0 bridgehead atoms. The summed E-state index contributed by atoms with van der Waals surface area (Å²) < 4.78 is 101. The molecule has 3 heterocycles. The van der Waals surface area contributed by atoms with E-state index in [1.165, 1.54) is 4.90 Å². The Morgan fingerprint density at radius 3 is 2.37 bits per heavy atom. The normalized spacial score (nSPS) is 15.3. The predicted octanol–water partition coefficient (Wildman–Crippen LogP) is 3.33. The van der Waals surface area contributed by atoms with E-state index in [1.807, 2.05) is 13.8 Å². The Hall–Kier alpha value is -4.08. The number of H-pyrrole nitrogens is 1. The molecular weight excluding hydrogens is 581 g/mol. The van der Waals surface area contributed by atoms with E-state index < -0.39 is 51.3 Å². The average Bonchev–Trinajstić information content (AvgIpc) is 3.41. The van der Waals surface area contributed by atoms with Gasteiger partial charge in [-0.05, 0) is 26.8 Å². The molecular formula is C23H24F5N7O5S. The van der Waals surface area contributed by atoms with Crippen LogP contribution in [-0.4, -0.2) is 68.7 Å². The SMILES string of the molecule is Cc1n[nH]c(C)c1-c1cnn(C2(CC#N)CN(c3cc(F)c(C(=O)NC(C)C(F)(F)F)cc3F)C2)c1.O=S(=O)(O)O. The Balaban J connectivity index is 0.000000850. The number of amides is 1. The number of aromatic amines is 1. The van der Waals surface area contributed by atoms with Crippen molar-refractivity contribution in [3.05, 3.63) is 53.1 Å². The third-order valence-electron chi connectivity index (χ3n) is 6.32. The number of halogens is 5. The molecule has 0 spiro atoms. The van der Waals surface area contributed by atoms with E-state index in [-0.39, 0.29) is 25.2 Å². The molecule has 1 amide bonds. The van der Waals surface area contributed by atoms with Gasteiger partial charge in [-0.1, -0.05) is 0 Å². The van der Waals surface area contributed by atoms with Crippen LogP contribution in [0.5, 0.6) is 0 Å². The van der Waals surface area contributed by atoms with E-state index in [1.54, 1.807) is 22.4 Å². The van der Waals surface area contributed by atoms with Gasteiger partial charge in [-0.15, -0.1) is 0 Å². The standard InChI is InChI=1S/C23H22F5N7O.H2O4S/c1-12-20(13(2)33-32-12)15-8-30-35(9-15)22(4-5-29)10-34(11-22)19-7-17(24)16(6-18(19)25)21(36)31-14(3)23(26,27)28;1-5(2,3)4/h6-9,14H,4,10-11H2,1-3H3,(H,31,36)(H,32,33);(H2,1,2,3,4). The second-order valence-corrected chi connectivity index (χ2v) is 10.3. The summed E-state index contributed by atoms with van der Waals surface area (Å²) in [4.78, 5) is 13.6. The van der Waals surface area contributed by atoms with Gasteiger partial charge < -0.3 is 10.2 Å². The number of nitrogens with zero attached hydrogens (tertiary/aromatic N) is 5. The van der Waals surface area contributed by atoms with Crippen molar-refractivity contribution in [2.75, 3.05) is 18.0 Å². The summed E-state index contributed by atoms with van der Waals surface area (Å²) in [5, 5.41) is 22.5. The molecule has 1 unspecified atom stereocenters. The summed E-state index contributed by atoms with van der Waals surface area (Å²) in [5.74, 6) is -3.51. The van der Waals surface area contributed by atoms with Crippen molar-refractivity contribution in [3.63, 3.8) is 0 Å². The molecule has 1 fully saturated rings. The van der Waals surface area contributed by atoms with Gasteiger partial charge in [0.25, 0.3) is 5.91 Å². The van der Waals surface area contributed by atoms with Crippen molar-refractivity contribution in [3.8, 4) is 17.2 Å². The van der Waals surface area contributed by atoms with Gasteiger partial charge >= 0.3 is 16.6 Å². The van der Waals surface area contributed by atoms with Crippen LogP contribution in [-0.2, 0) is 15.9 Å². The van der Waals surface area contributed by atoms with Gasteiger partial charge in [-0.3, -0.25) is 23.7 Å². The first-order valence-corrected chi connectivity index (χ1v) is 13.0. The number of aryl methyl sites for hydroxylation is 2. The molecule has 18 heteroatoms. The molecule has 3 aromatic rings. The van der Waals surface area contributed by atoms with Gasteiger partial charge in [0.2, 0.25) is 0 Å². The van der Waals surface area contributed by atoms with Gasteiger partial charge in [0.1, 0.15) is 23.2 Å². The molecule has 1 saturated heterocycles. The van der Waals surface area contributed by atoms with Gasteiger partial charge in [-0.25, -0.2) is 8.78 Å². The fourth-order valence-corrected chi connectivity index (χ4v) is 4.32. The Morgan fingerprint density at radius 2 is 1.85 bits per heavy atom. The monoisotopic (exact) mass is 605 g/mol. The minimum Gasteiger partial charge on any atom is -0.364 e. The molecule has 1 aliphatic rings. The van der Waals surface area contributed by atoms with Crippen molar-refractivity contribution in [1.82, 2.24) is 25.3 Å². The summed E-state index contributed by atoms with van der Waals surface area (Å²) in [7, 11) is -4.67. The van der Waals surface area contributed by atoms with Crippen molar-refractivity contribution < 1.29 is 44.3 Å². The zero-order chi connectivity index (χ0) is 30.9. The van der Waals surface area contributed by atoms with Crippen molar-refractivity contribution in [1.29, 1.82) is 5.26 Å². The zero-order valence-corrected chi connectivity index (χ0v) is 22.5. The Morgan fingerprint density at radius 1 is 1.24 bits per heavy atom. The second-order valence-electron chi connectivity index (χ2n) is 9.37. The summed E-state index contributed by atoms with van der Waals surface area (Å²) >= 11 is 0. The van der Waals surface area contributed by atoms with Crippen LogP contribution in [0.3, 0.4) is 0 Å². The maximum Gasteiger partial charge on any atom is 0.408 e. The Labute approximate surface area is 230 Å². The minimum atomic E-state index is -4.73. The van der Waals surface area contributed by atoms with Crippen LogP contribution in [0.25, 0.3) is 11.1 Å². The maximum absolute atomic E-state index is 14.8. The first-order chi connectivity index (χ1) is 18.9. The van der Waals surface area contributed by atoms with Crippen LogP contribution >= 0.6 is 0 Å². The fraction of sp³-hybridized carbons (Fsp3) is 0.391. The van der Waals surface area contributed by atoms with Crippen LogP contribution in [0.2, 0.25) is 0 Å². The zero-order valence-electron chi connectivity index (χ0n) is 21.7. The van der Waals surface area contributed by atoms with Gasteiger partial charge in [0, 0.05) is 42.2 Å². The van der Waals surface area contributed by atoms with E-state index >= 15 is 0 Å².